The van der Waals surface area contributed by atoms with Gasteiger partial charge in [-0.05, 0) is 55.5 Å². The van der Waals surface area contributed by atoms with Gasteiger partial charge in [-0.15, -0.1) is 5.11 Å². The fourth-order valence-corrected chi connectivity index (χ4v) is 7.68. The van der Waals surface area contributed by atoms with Gasteiger partial charge in [0.05, 0.1) is 29.9 Å². The molecule has 1 amide bonds. The fraction of sp³-hybridized carbons (Fsp3) is 0.324. The van der Waals surface area contributed by atoms with Crippen LogP contribution in [0.15, 0.2) is 81.9 Å². The molecule has 17 nitrogen and oxygen atoms in total. The molecule has 0 aromatic heterocycles. The number of carbonyl (C=O) groups is 1. The summed E-state index contributed by atoms with van der Waals surface area (Å²) in [5, 5.41) is 19.9. The molecule has 4 rings (SSSR count). The van der Waals surface area contributed by atoms with E-state index in [-0.39, 0.29) is 71.4 Å². The summed E-state index contributed by atoms with van der Waals surface area (Å²) >= 11 is -2.18. The molecule has 0 heterocycles. The van der Waals surface area contributed by atoms with Crippen molar-refractivity contribution in [1.82, 2.24) is 9.21 Å². The number of anilines is 2. The lowest BCUT2D eigenvalue weighted by Crippen LogP contribution is -2.30. The van der Waals surface area contributed by atoms with Crippen LogP contribution in [0.4, 0.5) is 27.5 Å². The summed E-state index contributed by atoms with van der Waals surface area (Å²) in [5.41, 5.74) is 0.469. The largest absolute Gasteiger partial charge is 0.506 e. The lowest BCUT2D eigenvalue weighted by atomic mass is 10.1. The van der Waals surface area contributed by atoms with E-state index in [2.05, 4.69) is 19.7 Å². The van der Waals surface area contributed by atoms with Crippen LogP contribution < -0.4 is 23.1 Å². The summed E-state index contributed by atoms with van der Waals surface area (Å²) in [5.74, 6) is -0.133. The molecule has 0 aliphatic rings. The van der Waals surface area contributed by atoms with E-state index < -0.39 is 48.1 Å². The van der Waals surface area contributed by atoms with Crippen molar-refractivity contribution in [2.45, 2.75) is 25.7 Å². The topological polar surface area (TPSA) is 215 Å². The van der Waals surface area contributed by atoms with E-state index in [1.807, 2.05) is 6.92 Å². The Hall–Kier alpha value is -5.02. The van der Waals surface area contributed by atoms with Gasteiger partial charge in [0.15, 0.2) is 11.5 Å². The van der Waals surface area contributed by atoms with E-state index >= 15 is 0 Å². The molecular weight excluding hydrogens is 765 g/mol. The zero-order valence-corrected chi connectivity index (χ0v) is 32.9. The minimum Gasteiger partial charge on any atom is -0.506 e. The number of nitrogens with zero attached hydrogens (tertiary/aromatic N) is 4. The smallest absolute Gasteiger partial charge is 0.414 e. The molecule has 0 aliphatic carbocycles. The number of hydrogen-bond acceptors (Lipinski definition) is 13. The minimum absolute atomic E-state index is 0.0118. The van der Waals surface area contributed by atoms with Crippen molar-refractivity contribution in [3.63, 3.8) is 0 Å². The van der Waals surface area contributed by atoms with E-state index in [4.69, 9.17) is 18.4 Å². The highest BCUT2D eigenvalue weighted by molar-refractivity contribution is 7.92. The molecule has 0 saturated heterocycles. The third-order valence-electron chi connectivity index (χ3n) is 7.65. The number of phenols is 1. The van der Waals surface area contributed by atoms with Gasteiger partial charge in [-0.25, -0.2) is 21.6 Å². The predicted octanol–water partition coefficient (Wildman–Crippen LogP) is 5.91. The van der Waals surface area contributed by atoms with Gasteiger partial charge in [-0.1, -0.05) is 26.0 Å². The summed E-state index contributed by atoms with van der Waals surface area (Å²) in [4.78, 5) is 13.0. The van der Waals surface area contributed by atoms with Gasteiger partial charge < -0.3 is 28.4 Å². The lowest BCUT2D eigenvalue weighted by molar-refractivity contribution is 0.145. The van der Waals surface area contributed by atoms with Crippen LogP contribution in [0.5, 0.6) is 23.0 Å². The quantitative estimate of drug-likeness (QED) is 0.0794. The average Bonchev–Trinajstić information content (AvgIpc) is 3.12. The summed E-state index contributed by atoms with van der Waals surface area (Å²) in [7, 11) is -4.94. The Morgan fingerprint density at radius 1 is 0.907 bits per heavy atom. The summed E-state index contributed by atoms with van der Waals surface area (Å²) in [6.45, 7) is 6.19. The number of phenolic OH excluding ortho intramolecular Hbond substituents is 1. The van der Waals surface area contributed by atoms with Crippen molar-refractivity contribution in [2.75, 3.05) is 62.7 Å². The van der Waals surface area contributed by atoms with E-state index in [1.54, 1.807) is 33.0 Å². The summed E-state index contributed by atoms with van der Waals surface area (Å²) < 4.78 is 92.9. The highest BCUT2D eigenvalue weighted by atomic mass is 32.2. The van der Waals surface area contributed by atoms with Crippen LogP contribution in [0.3, 0.4) is 0 Å². The number of hydrogen-bond donors (Lipinski definition) is 3. The van der Waals surface area contributed by atoms with Crippen molar-refractivity contribution >= 4 is 70.9 Å². The summed E-state index contributed by atoms with van der Waals surface area (Å²) in [6, 6.07) is 16.0. The van der Waals surface area contributed by atoms with Crippen LogP contribution >= 0.6 is 0 Å². The number of nitrogens with one attached hydrogen (secondary N) is 2. The maximum Gasteiger partial charge on any atom is 0.414 e. The number of carbonyl (C=O) groups excluding carboxylic acids is 1. The zero-order chi connectivity index (χ0) is 39.6. The molecule has 3 N–H and O–H groups in total. The zero-order valence-electron chi connectivity index (χ0n) is 30.4. The highest BCUT2D eigenvalue weighted by Crippen LogP contribution is 2.44. The molecule has 0 fully saturated rings. The number of ether oxygens (including phenoxy) is 3. The van der Waals surface area contributed by atoms with Gasteiger partial charge in [-0.3, -0.25) is 9.44 Å². The Kier molecular flexibility index (Phi) is 14.2. The van der Waals surface area contributed by atoms with Crippen molar-refractivity contribution in [3.05, 3.63) is 66.7 Å². The van der Waals surface area contributed by atoms with Gasteiger partial charge in [0.25, 0.3) is 0 Å². The Balaban J connectivity index is 1.72. The second kappa shape index (κ2) is 18.3. The SMILES string of the molecule is CCN(C)C(=O)Oc1ccc(NS(=O)Oc2cc(N=Nc3cc(S(=O)(=O)N(CC)CC)c(O)c4cccc(NS(C)(=O)=O)c34)ccc2OCCOC)cc1. The number of benzene rings is 4. The Morgan fingerprint density at radius 3 is 2.24 bits per heavy atom. The Labute approximate surface area is 316 Å². The number of fused-ring (bicyclic) bond motifs is 1. The van der Waals surface area contributed by atoms with E-state index in [9.17, 15) is 30.9 Å². The third kappa shape index (κ3) is 10.6. The standard InChI is InChI=1S/C34H42N6O11S3/c1-7-39(4)34(42)50-25-16-13-23(14-17-25)37-52(43)51-30-21-24(15-18-29(30)49-20-19-48-5)35-36-28-22-31(54(46,47)40(8-2)9-3)33(41)26-11-10-12-27(32(26)28)38-53(6,44)45/h10-18,21-22,37-38,41H,7-9,19-20H2,1-6H3. The van der Waals surface area contributed by atoms with E-state index in [0.717, 1.165) is 16.6 Å². The van der Waals surface area contributed by atoms with Crippen LogP contribution in [0.25, 0.3) is 10.8 Å². The third-order valence-corrected chi connectivity index (χ3v) is 11.0. The highest BCUT2D eigenvalue weighted by Gasteiger charge is 2.28. The van der Waals surface area contributed by atoms with Gasteiger partial charge in [0.2, 0.25) is 20.0 Å². The molecule has 292 valence electrons. The number of azo groups is 1. The van der Waals surface area contributed by atoms with Crippen molar-refractivity contribution in [2.24, 2.45) is 10.2 Å². The first-order chi connectivity index (χ1) is 25.6. The molecule has 0 bridgehead atoms. The van der Waals surface area contributed by atoms with Crippen LogP contribution in [0, 0.1) is 0 Å². The lowest BCUT2D eigenvalue weighted by Gasteiger charge is -2.20. The maximum atomic E-state index is 13.6. The van der Waals surface area contributed by atoms with Crippen molar-refractivity contribution in [3.8, 4) is 23.0 Å². The second-order valence-corrected chi connectivity index (χ2v) is 15.9. The van der Waals surface area contributed by atoms with E-state index in [0.29, 0.717) is 12.2 Å². The van der Waals surface area contributed by atoms with Crippen molar-refractivity contribution in [1.29, 1.82) is 0 Å². The van der Waals surface area contributed by atoms with Gasteiger partial charge in [0, 0.05) is 56.3 Å². The summed E-state index contributed by atoms with van der Waals surface area (Å²) in [6.07, 6.45) is 0.416. The molecule has 0 radical (unpaired) electrons. The number of amides is 1. The van der Waals surface area contributed by atoms with Gasteiger partial charge in [-0.2, -0.15) is 13.6 Å². The molecule has 4 aromatic rings. The number of rotatable bonds is 18. The van der Waals surface area contributed by atoms with Gasteiger partial charge >= 0.3 is 17.4 Å². The van der Waals surface area contributed by atoms with E-state index in [1.165, 1.54) is 60.5 Å². The molecule has 0 spiro atoms. The monoisotopic (exact) mass is 806 g/mol. The fourth-order valence-electron chi connectivity index (χ4n) is 4.87. The normalized spacial score (nSPS) is 12.5. The van der Waals surface area contributed by atoms with Gasteiger partial charge in [0.1, 0.15) is 23.0 Å². The second-order valence-electron chi connectivity index (χ2n) is 11.4. The van der Waals surface area contributed by atoms with Crippen LogP contribution in [0.1, 0.15) is 20.8 Å². The molecule has 4 aromatic carbocycles. The molecule has 0 saturated carbocycles. The number of aromatic hydroxyl groups is 1. The maximum absolute atomic E-state index is 13.6. The van der Waals surface area contributed by atoms with Crippen LogP contribution in [-0.4, -0.2) is 94.7 Å². The molecule has 20 heteroatoms. The number of methoxy groups -OCH3 is 1. The Bertz CT molecular complexity index is 2230. The first kappa shape index (κ1) is 41.7. The average molecular weight is 807 g/mol. The Morgan fingerprint density at radius 2 is 1.61 bits per heavy atom. The van der Waals surface area contributed by atoms with Crippen molar-refractivity contribution < 1.29 is 49.3 Å². The molecule has 0 aliphatic heterocycles. The molecular formula is C34H42N6O11S3. The minimum atomic E-state index is -4.22. The molecule has 1 unspecified atom stereocenters. The first-order valence-electron chi connectivity index (χ1n) is 16.5. The van der Waals surface area contributed by atoms with Crippen LogP contribution in [0.2, 0.25) is 0 Å². The van der Waals surface area contributed by atoms with Crippen LogP contribution in [-0.2, 0) is 36.0 Å². The number of sulfonamides is 2. The molecule has 1 atom stereocenters. The predicted molar refractivity (Wildman–Crippen MR) is 205 cm³/mol. The first-order valence-corrected chi connectivity index (χ1v) is 20.9. The molecule has 54 heavy (non-hydrogen) atoms.